The minimum atomic E-state index is -0.496. The zero-order valence-corrected chi connectivity index (χ0v) is 34.7. The highest BCUT2D eigenvalue weighted by Gasteiger charge is 2.28. The van der Waals surface area contributed by atoms with Crippen LogP contribution in [0.4, 0.5) is 5.82 Å². The summed E-state index contributed by atoms with van der Waals surface area (Å²) in [4.78, 5) is 41.5. The molecule has 1 N–H and O–H groups in total. The Morgan fingerprint density at radius 2 is 1.11 bits per heavy atom. The second kappa shape index (κ2) is 34.4. The molecule has 1 fully saturated rings. The quantitative estimate of drug-likeness (QED) is 0.0474. The topological polar surface area (TPSA) is 99.5 Å². The third kappa shape index (κ3) is 26.6. The van der Waals surface area contributed by atoms with Crippen molar-refractivity contribution in [3.05, 3.63) is 144 Å². The van der Waals surface area contributed by atoms with Crippen LogP contribution in [0, 0.1) is 0 Å². The Morgan fingerprint density at radius 3 is 1.56 bits per heavy atom. The molecule has 0 unspecified atom stereocenters. The number of hydrogen-bond donors (Lipinski definition) is 1. The second-order valence-electron chi connectivity index (χ2n) is 13.7. The molecule has 1 amide bonds. The van der Waals surface area contributed by atoms with Crippen molar-refractivity contribution in [2.45, 2.75) is 142 Å². The van der Waals surface area contributed by atoms with Gasteiger partial charge in [-0.25, -0.2) is 4.79 Å². The van der Waals surface area contributed by atoms with Crippen LogP contribution in [0.1, 0.15) is 136 Å². The van der Waals surface area contributed by atoms with Crippen LogP contribution >= 0.6 is 0 Å². The zero-order valence-electron chi connectivity index (χ0n) is 34.7. The van der Waals surface area contributed by atoms with Crippen molar-refractivity contribution in [3.63, 3.8) is 0 Å². The Bertz CT molecular complexity index is 1600. The van der Waals surface area contributed by atoms with Gasteiger partial charge in [-0.15, -0.1) is 0 Å². The summed E-state index contributed by atoms with van der Waals surface area (Å²) in [6, 6.07) is 1.61. The fourth-order valence-corrected chi connectivity index (χ4v) is 5.66. The number of carbonyl (C=O) groups excluding carboxylic acids is 2. The molecule has 2 rings (SSSR count). The Morgan fingerprint density at radius 1 is 0.667 bits per heavy atom. The van der Waals surface area contributed by atoms with Gasteiger partial charge in [-0.2, -0.15) is 4.98 Å². The highest BCUT2D eigenvalue weighted by molar-refractivity contribution is 5.89. The number of esters is 1. The maximum absolute atomic E-state index is 12.7. The Kier molecular flexibility index (Phi) is 29.2. The third-order valence-corrected chi connectivity index (χ3v) is 8.76. The molecule has 1 aromatic heterocycles. The van der Waals surface area contributed by atoms with Gasteiger partial charge in [0.1, 0.15) is 18.7 Å². The van der Waals surface area contributed by atoms with Gasteiger partial charge < -0.3 is 14.8 Å². The largest absolute Gasteiger partial charge is 0.463 e. The van der Waals surface area contributed by atoms with Crippen LogP contribution in [0.25, 0.3) is 0 Å². The van der Waals surface area contributed by atoms with E-state index in [1.807, 2.05) is 0 Å². The normalized spacial score (nSPS) is 16.7. The molecule has 0 radical (unpaired) electrons. The molecule has 1 aliphatic rings. The number of nitrogens with zero attached hydrogens (tertiary/aromatic N) is 2. The van der Waals surface area contributed by atoms with Gasteiger partial charge >= 0.3 is 11.7 Å². The van der Waals surface area contributed by atoms with Crippen molar-refractivity contribution in [1.82, 2.24) is 9.55 Å². The number of rotatable bonds is 30. The third-order valence-electron chi connectivity index (χ3n) is 8.76. The van der Waals surface area contributed by atoms with Gasteiger partial charge in [0, 0.05) is 19.0 Å². The first-order chi connectivity index (χ1) is 28.0. The van der Waals surface area contributed by atoms with E-state index in [-0.39, 0.29) is 30.4 Å². The van der Waals surface area contributed by atoms with Crippen LogP contribution in [0.3, 0.4) is 0 Å². The molecule has 0 aliphatic carbocycles. The Balaban J connectivity index is 1.52. The van der Waals surface area contributed by atoms with E-state index in [9.17, 15) is 14.4 Å². The first-order valence-electron chi connectivity index (χ1n) is 21.2. The average Bonchev–Trinajstić information content (AvgIpc) is 3.68. The fraction of sp³-hybridized carbons (Fsp3) is 0.469. The van der Waals surface area contributed by atoms with Gasteiger partial charge in [0.05, 0.1) is 6.10 Å². The predicted molar refractivity (Wildman–Crippen MR) is 238 cm³/mol. The summed E-state index contributed by atoms with van der Waals surface area (Å²) in [5.41, 5.74) is -0.496. The van der Waals surface area contributed by atoms with Gasteiger partial charge in [0.2, 0.25) is 5.91 Å². The summed E-state index contributed by atoms with van der Waals surface area (Å²) in [5.74, 6) is -0.195. The molecule has 2 atom stereocenters. The summed E-state index contributed by atoms with van der Waals surface area (Å²) in [6.45, 7) is 4.45. The average molecular weight is 780 g/mol. The van der Waals surface area contributed by atoms with Crippen LogP contribution in [0.15, 0.2) is 139 Å². The number of allylic oxidation sites excluding steroid dienone is 20. The minimum absolute atomic E-state index is 0.160. The monoisotopic (exact) mass is 780 g/mol. The SMILES string of the molecule is CC/C=C\C/C=C\C/C=C\C/C=C\C/C=C\CCCC(=O)Nc1ccn([C@@H]2CC[C@@H](COC(=O)CCC/C=C\C/C=C\C/C=C\C/C=C\C/C=C\CC)O2)c(=O)n1. The lowest BCUT2D eigenvalue weighted by molar-refractivity contribution is -0.148. The molecule has 1 aromatic rings. The predicted octanol–water partition coefficient (Wildman–Crippen LogP) is 12.2. The van der Waals surface area contributed by atoms with E-state index >= 15 is 0 Å². The first kappa shape index (κ1) is 48.3. The number of nitrogens with one attached hydrogen (secondary N) is 1. The van der Waals surface area contributed by atoms with Crippen molar-refractivity contribution in [3.8, 4) is 0 Å². The van der Waals surface area contributed by atoms with Gasteiger partial charge in [0.25, 0.3) is 0 Å². The van der Waals surface area contributed by atoms with E-state index in [4.69, 9.17) is 9.47 Å². The van der Waals surface area contributed by atoms with E-state index < -0.39 is 11.9 Å². The van der Waals surface area contributed by atoms with Crippen molar-refractivity contribution in [2.24, 2.45) is 0 Å². The number of hydrogen-bond acceptors (Lipinski definition) is 6. The molecule has 0 bridgehead atoms. The molecule has 8 heteroatoms. The lowest BCUT2D eigenvalue weighted by atomic mass is 10.2. The molecule has 57 heavy (non-hydrogen) atoms. The van der Waals surface area contributed by atoms with Crippen LogP contribution in [0.2, 0.25) is 0 Å². The van der Waals surface area contributed by atoms with Gasteiger partial charge in [-0.05, 0) is 109 Å². The van der Waals surface area contributed by atoms with Crippen molar-refractivity contribution >= 4 is 17.7 Å². The Labute approximate surface area is 343 Å². The lowest BCUT2D eigenvalue weighted by Crippen LogP contribution is -2.29. The molecular weight excluding hydrogens is 711 g/mol. The van der Waals surface area contributed by atoms with Crippen LogP contribution < -0.4 is 11.0 Å². The molecule has 8 nitrogen and oxygen atoms in total. The number of ether oxygens (including phenoxy) is 2. The molecule has 2 heterocycles. The van der Waals surface area contributed by atoms with Crippen LogP contribution in [0.5, 0.6) is 0 Å². The molecule has 1 aliphatic heterocycles. The van der Waals surface area contributed by atoms with Crippen molar-refractivity contribution in [2.75, 3.05) is 11.9 Å². The van der Waals surface area contributed by atoms with E-state index in [0.29, 0.717) is 32.1 Å². The van der Waals surface area contributed by atoms with E-state index in [0.717, 1.165) is 83.5 Å². The van der Waals surface area contributed by atoms with Crippen LogP contribution in [-0.4, -0.2) is 34.1 Å². The van der Waals surface area contributed by atoms with E-state index in [1.165, 1.54) is 4.57 Å². The maximum Gasteiger partial charge on any atom is 0.351 e. The lowest BCUT2D eigenvalue weighted by Gasteiger charge is -2.16. The molecular formula is C49H69N3O5. The summed E-state index contributed by atoms with van der Waals surface area (Å²) in [5, 5.41) is 2.72. The number of amides is 1. The smallest absolute Gasteiger partial charge is 0.351 e. The molecule has 310 valence electrons. The molecule has 0 saturated carbocycles. The molecule has 0 aromatic carbocycles. The summed E-state index contributed by atoms with van der Waals surface area (Å²) >= 11 is 0. The van der Waals surface area contributed by atoms with E-state index in [2.05, 4.69) is 146 Å². The summed E-state index contributed by atoms with van der Waals surface area (Å²) < 4.78 is 12.9. The van der Waals surface area contributed by atoms with Crippen molar-refractivity contribution < 1.29 is 19.1 Å². The van der Waals surface area contributed by atoms with Gasteiger partial charge in [-0.1, -0.05) is 135 Å². The van der Waals surface area contributed by atoms with Crippen LogP contribution in [-0.2, 0) is 19.1 Å². The Hall–Kier alpha value is -4.82. The first-order valence-corrected chi connectivity index (χ1v) is 21.2. The standard InChI is InChI=1S/C49H69N3O5/c1-3-5-7-9-11-13-15-17-19-21-23-25-27-29-31-33-35-37-46(53)50-45-41-42-52(49(55)51-45)47-40-39-44(57-47)43-56-48(54)38-36-34-32-30-28-26-24-22-20-18-16-14-12-10-8-6-4-2/h5-8,11-14,17-20,23-26,29-32,41-42,44,47H,3-4,9-10,15-16,21-22,27-28,33-40,43H2,1-2H3,(H,50,51,53,55)/b7-5-,8-6-,13-11-,14-12-,19-17-,20-18-,25-23-,26-24-,31-29-,32-30-/t44-,47-/m0/s1. The number of unbranched alkanes of at least 4 members (excludes halogenated alkanes) is 2. The maximum atomic E-state index is 12.7. The number of anilines is 1. The fourth-order valence-electron chi connectivity index (χ4n) is 5.66. The molecule has 1 saturated heterocycles. The zero-order chi connectivity index (χ0) is 40.9. The highest BCUT2D eigenvalue weighted by atomic mass is 16.6. The second-order valence-corrected chi connectivity index (χ2v) is 13.7. The van der Waals surface area contributed by atoms with E-state index in [1.54, 1.807) is 12.3 Å². The highest BCUT2D eigenvalue weighted by Crippen LogP contribution is 2.27. The number of carbonyl (C=O) groups is 2. The van der Waals surface area contributed by atoms with Gasteiger partial charge in [0.15, 0.2) is 0 Å². The minimum Gasteiger partial charge on any atom is -0.463 e. The summed E-state index contributed by atoms with van der Waals surface area (Å²) in [7, 11) is 0. The summed E-state index contributed by atoms with van der Waals surface area (Å²) in [6.07, 6.45) is 58.9. The molecule has 0 spiro atoms. The van der Waals surface area contributed by atoms with Crippen molar-refractivity contribution in [1.29, 1.82) is 0 Å². The number of aromatic nitrogens is 2. The van der Waals surface area contributed by atoms with Gasteiger partial charge in [-0.3, -0.25) is 14.2 Å².